The van der Waals surface area contributed by atoms with E-state index in [1.54, 1.807) is 43.5 Å². The largest absolute Gasteiger partial charge is 0.495 e. The van der Waals surface area contributed by atoms with E-state index in [4.69, 9.17) is 45.9 Å². The van der Waals surface area contributed by atoms with E-state index >= 15 is 0 Å². The van der Waals surface area contributed by atoms with Crippen LogP contribution in [0.3, 0.4) is 0 Å². The van der Waals surface area contributed by atoms with Crippen molar-refractivity contribution in [1.29, 1.82) is 0 Å². The van der Waals surface area contributed by atoms with Crippen LogP contribution in [-0.4, -0.2) is 12.1 Å². The average Bonchev–Trinajstić information content (AvgIpc) is 2.41. The van der Waals surface area contributed by atoms with E-state index in [0.717, 1.165) is 11.4 Å². The Balaban J connectivity index is 2.44. The summed E-state index contributed by atoms with van der Waals surface area (Å²) in [6.07, 6.45) is 0. The molecule has 2 aromatic rings. The van der Waals surface area contributed by atoms with Crippen molar-refractivity contribution in [3.8, 4) is 5.75 Å². The van der Waals surface area contributed by atoms with Crippen molar-refractivity contribution in [3.63, 3.8) is 0 Å². The van der Waals surface area contributed by atoms with Crippen LogP contribution < -0.4 is 15.8 Å². The lowest BCUT2D eigenvalue weighted by Crippen LogP contribution is -2.12. The highest BCUT2D eigenvalue weighted by Gasteiger charge is 2.10. The van der Waals surface area contributed by atoms with E-state index in [9.17, 15) is 0 Å². The van der Waals surface area contributed by atoms with Gasteiger partial charge >= 0.3 is 0 Å². The summed E-state index contributed by atoms with van der Waals surface area (Å²) in [6, 6.07) is 10.6. The summed E-state index contributed by atoms with van der Waals surface area (Å²) in [5.74, 6) is 0.665. The van der Waals surface area contributed by atoms with Gasteiger partial charge in [-0.05, 0) is 36.4 Å². The van der Waals surface area contributed by atoms with Gasteiger partial charge < -0.3 is 15.8 Å². The Kier molecular flexibility index (Phi) is 4.70. The smallest absolute Gasteiger partial charge is 0.142 e. The molecule has 0 saturated carbocycles. The summed E-state index contributed by atoms with van der Waals surface area (Å²) in [4.78, 5) is 0.260. The molecule has 0 aliphatic rings. The third-order valence-electron chi connectivity index (χ3n) is 2.68. The Morgan fingerprint density at radius 1 is 1.10 bits per heavy atom. The molecule has 0 aliphatic carbocycles. The molecule has 3 nitrogen and oxygen atoms in total. The highest BCUT2D eigenvalue weighted by Crippen LogP contribution is 2.32. The molecule has 0 amide bonds. The van der Waals surface area contributed by atoms with Gasteiger partial charge in [0.1, 0.15) is 10.7 Å². The molecule has 2 rings (SSSR count). The van der Waals surface area contributed by atoms with E-state index in [2.05, 4.69) is 5.32 Å². The summed E-state index contributed by atoms with van der Waals surface area (Å²) in [6.45, 7) is 0. The number of halogens is 2. The number of hydrogen-bond acceptors (Lipinski definition) is 3. The maximum atomic E-state index is 6.00. The van der Waals surface area contributed by atoms with Gasteiger partial charge in [-0.15, -0.1) is 0 Å². The number of anilines is 2. The van der Waals surface area contributed by atoms with Crippen molar-refractivity contribution in [2.75, 3.05) is 12.4 Å². The van der Waals surface area contributed by atoms with Crippen LogP contribution in [0.1, 0.15) is 5.56 Å². The minimum Gasteiger partial charge on any atom is -0.495 e. The fourth-order valence-electron chi connectivity index (χ4n) is 1.75. The van der Waals surface area contributed by atoms with E-state index in [-0.39, 0.29) is 4.99 Å². The number of rotatable bonds is 4. The zero-order valence-corrected chi connectivity index (χ0v) is 12.9. The second kappa shape index (κ2) is 6.31. The van der Waals surface area contributed by atoms with Crippen LogP contribution in [0, 0.1) is 0 Å². The van der Waals surface area contributed by atoms with Crippen LogP contribution in [0.15, 0.2) is 36.4 Å². The van der Waals surface area contributed by atoms with Crippen LogP contribution in [-0.2, 0) is 0 Å². The van der Waals surface area contributed by atoms with Gasteiger partial charge in [-0.25, -0.2) is 0 Å². The summed E-state index contributed by atoms with van der Waals surface area (Å²) in [7, 11) is 1.59. The first kappa shape index (κ1) is 14.9. The first-order valence-corrected chi connectivity index (χ1v) is 6.87. The van der Waals surface area contributed by atoms with Crippen molar-refractivity contribution >= 4 is 51.8 Å². The lowest BCUT2D eigenvalue weighted by molar-refractivity contribution is 0.417. The van der Waals surface area contributed by atoms with Gasteiger partial charge in [0, 0.05) is 21.3 Å². The number of ether oxygens (including phenoxy) is 1. The second-order valence-electron chi connectivity index (χ2n) is 4.02. The van der Waals surface area contributed by atoms with E-state index in [1.165, 1.54) is 0 Å². The quantitative estimate of drug-likeness (QED) is 0.818. The molecule has 0 aromatic heterocycles. The highest BCUT2D eigenvalue weighted by atomic mass is 35.5. The predicted octanol–water partition coefficient (Wildman–Crippen LogP) is 4.38. The molecule has 3 N–H and O–H groups in total. The van der Waals surface area contributed by atoms with Gasteiger partial charge in [0.15, 0.2) is 0 Å². The summed E-state index contributed by atoms with van der Waals surface area (Å²) >= 11 is 17.0. The molecule has 20 heavy (non-hydrogen) atoms. The van der Waals surface area contributed by atoms with Gasteiger partial charge in [0.2, 0.25) is 0 Å². The number of nitrogens with one attached hydrogen (secondary N) is 1. The zero-order chi connectivity index (χ0) is 14.7. The molecule has 0 radical (unpaired) electrons. The van der Waals surface area contributed by atoms with E-state index in [0.29, 0.717) is 21.4 Å². The SMILES string of the molecule is COc1ccc(Cl)cc1Nc1ccc(Cl)cc1C(N)=S. The lowest BCUT2D eigenvalue weighted by atomic mass is 10.1. The minimum absolute atomic E-state index is 0.260. The molecule has 0 spiro atoms. The Labute approximate surface area is 132 Å². The van der Waals surface area contributed by atoms with Crippen LogP contribution in [0.25, 0.3) is 0 Å². The predicted molar refractivity (Wildman–Crippen MR) is 88.6 cm³/mol. The number of methoxy groups -OCH3 is 1. The van der Waals surface area contributed by atoms with Crippen molar-refractivity contribution < 1.29 is 4.74 Å². The van der Waals surface area contributed by atoms with Crippen molar-refractivity contribution in [3.05, 3.63) is 52.0 Å². The van der Waals surface area contributed by atoms with E-state index in [1.807, 2.05) is 0 Å². The Morgan fingerprint density at radius 3 is 2.40 bits per heavy atom. The van der Waals surface area contributed by atoms with Crippen LogP contribution in [0.5, 0.6) is 5.75 Å². The fraction of sp³-hybridized carbons (Fsp3) is 0.0714. The van der Waals surface area contributed by atoms with Gasteiger partial charge in [-0.3, -0.25) is 0 Å². The van der Waals surface area contributed by atoms with Gasteiger partial charge in [0.05, 0.1) is 12.8 Å². The molecule has 0 fully saturated rings. The number of benzene rings is 2. The normalized spacial score (nSPS) is 10.2. The van der Waals surface area contributed by atoms with E-state index < -0.39 is 0 Å². The molecule has 104 valence electrons. The molecule has 0 atom stereocenters. The first-order chi connectivity index (χ1) is 9.51. The molecule has 6 heteroatoms. The Bertz CT molecular complexity index is 662. The number of thiocarbonyl (C=S) groups is 1. The Morgan fingerprint density at radius 2 is 1.75 bits per heavy atom. The maximum absolute atomic E-state index is 6.00. The Hall–Kier alpha value is -1.49. The molecule has 0 saturated heterocycles. The molecule has 0 bridgehead atoms. The lowest BCUT2D eigenvalue weighted by Gasteiger charge is -2.14. The minimum atomic E-state index is 0.260. The first-order valence-electron chi connectivity index (χ1n) is 5.71. The van der Waals surface area contributed by atoms with Crippen LogP contribution in [0.2, 0.25) is 10.0 Å². The topological polar surface area (TPSA) is 47.3 Å². The third-order valence-corrected chi connectivity index (χ3v) is 3.37. The molecule has 0 unspecified atom stereocenters. The average molecular weight is 327 g/mol. The van der Waals surface area contributed by atoms with Crippen LogP contribution in [0.4, 0.5) is 11.4 Å². The monoisotopic (exact) mass is 326 g/mol. The van der Waals surface area contributed by atoms with Crippen LogP contribution >= 0.6 is 35.4 Å². The van der Waals surface area contributed by atoms with Crippen molar-refractivity contribution in [2.45, 2.75) is 0 Å². The summed E-state index contributed by atoms with van der Waals surface area (Å²) in [5.41, 5.74) is 7.84. The molecular formula is C14H12Cl2N2OS. The second-order valence-corrected chi connectivity index (χ2v) is 5.34. The standard InChI is InChI=1S/C14H12Cl2N2OS/c1-19-13-5-3-9(16)7-12(13)18-11-4-2-8(15)6-10(11)14(17)20/h2-7,18H,1H3,(H2,17,20). The highest BCUT2D eigenvalue weighted by molar-refractivity contribution is 7.80. The van der Waals surface area contributed by atoms with Gasteiger partial charge in [-0.1, -0.05) is 35.4 Å². The fourth-order valence-corrected chi connectivity index (χ4v) is 2.27. The number of hydrogen-bond donors (Lipinski definition) is 2. The van der Waals surface area contributed by atoms with Crippen molar-refractivity contribution in [1.82, 2.24) is 0 Å². The van der Waals surface area contributed by atoms with Crippen molar-refractivity contribution in [2.24, 2.45) is 5.73 Å². The zero-order valence-electron chi connectivity index (χ0n) is 10.6. The van der Waals surface area contributed by atoms with Gasteiger partial charge in [0.25, 0.3) is 0 Å². The molecule has 0 heterocycles. The summed E-state index contributed by atoms with van der Waals surface area (Å²) < 4.78 is 5.29. The maximum Gasteiger partial charge on any atom is 0.142 e. The molecule has 0 aliphatic heterocycles. The third kappa shape index (κ3) is 3.33. The molecule has 2 aromatic carbocycles. The molecular weight excluding hydrogens is 315 g/mol. The number of nitrogens with two attached hydrogens (primary N) is 1. The summed E-state index contributed by atoms with van der Waals surface area (Å²) in [5, 5.41) is 4.37. The van der Waals surface area contributed by atoms with Gasteiger partial charge in [-0.2, -0.15) is 0 Å².